The summed E-state index contributed by atoms with van der Waals surface area (Å²) in [5, 5.41) is 0. The van der Waals surface area contributed by atoms with E-state index in [0.29, 0.717) is 0 Å². The minimum absolute atomic E-state index is 0.00828. The Morgan fingerprint density at radius 2 is 0.966 bits per heavy atom. The zero-order chi connectivity index (χ0) is 21.7. The van der Waals surface area contributed by atoms with Gasteiger partial charge in [-0.2, -0.15) is 0 Å². The van der Waals surface area contributed by atoms with Crippen LogP contribution in [0.4, 0.5) is 0 Å². The van der Waals surface area contributed by atoms with Crippen molar-refractivity contribution in [2.45, 2.75) is 142 Å². The van der Waals surface area contributed by atoms with Crippen molar-refractivity contribution < 1.29 is 4.79 Å². The Balaban J connectivity index is 3.32. The molecule has 0 aliphatic rings. The van der Waals surface area contributed by atoms with Gasteiger partial charge in [-0.15, -0.1) is 0 Å². The average Bonchev–Trinajstić information content (AvgIpc) is 2.69. The third-order valence-electron chi connectivity index (χ3n) is 6.63. The van der Waals surface area contributed by atoms with Crippen LogP contribution < -0.4 is 5.73 Å². The number of rotatable bonds is 22. The van der Waals surface area contributed by atoms with Crippen LogP contribution in [0.15, 0.2) is 0 Å². The summed E-state index contributed by atoms with van der Waals surface area (Å²) in [6.45, 7) is 4.39. The summed E-state index contributed by atoms with van der Waals surface area (Å²) in [6, 6.07) is 0.235. The molecular weight excluding hydrogens is 356 g/mol. The molecule has 0 saturated heterocycles. The number of carbonyl (C=O) groups excluding carboxylic acids is 1. The first-order valence-corrected chi connectivity index (χ1v) is 13.0. The van der Waals surface area contributed by atoms with Crippen molar-refractivity contribution in [1.29, 1.82) is 0 Å². The number of carbonyl (C=O) groups is 1. The molecule has 0 bridgehead atoms. The monoisotopic (exact) mass is 410 g/mol. The van der Waals surface area contributed by atoms with Crippen molar-refractivity contribution in [3.63, 3.8) is 0 Å². The summed E-state index contributed by atoms with van der Waals surface area (Å²) < 4.78 is 0. The smallest absolute Gasteiger partial charge is 0.222 e. The minimum atomic E-state index is -0.141. The summed E-state index contributed by atoms with van der Waals surface area (Å²) in [5.74, 6) is -0.149. The Kier molecular flexibility index (Phi) is 20.3. The lowest BCUT2D eigenvalue weighted by molar-refractivity contribution is -0.123. The normalized spacial score (nSPS) is 13.7. The first kappa shape index (κ1) is 28.4. The molecule has 0 aromatic carbocycles. The summed E-state index contributed by atoms with van der Waals surface area (Å²) in [6.07, 6.45) is 26.0. The second-order valence-electron chi connectivity index (χ2n) is 9.51. The third kappa shape index (κ3) is 18.0. The maximum atomic E-state index is 11.7. The standard InChI is InChI=1S/C26H54N2O/c1-5-6-7-8-9-10-11-12-13-14-15-16-17-18-19-20-21-22-23-25(26(27)29)24(2)28(3)4/h24-25H,5-23H2,1-4H3,(H2,27,29). The molecule has 0 radical (unpaired) electrons. The highest BCUT2D eigenvalue weighted by atomic mass is 16.1. The molecule has 0 heterocycles. The van der Waals surface area contributed by atoms with Crippen LogP contribution in [0.3, 0.4) is 0 Å². The molecule has 0 fully saturated rings. The highest BCUT2D eigenvalue weighted by molar-refractivity contribution is 5.77. The van der Waals surface area contributed by atoms with E-state index in [4.69, 9.17) is 5.73 Å². The molecule has 3 nitrogen and oxygen atoms in total. The molecule has 29 heavy (non-hydrogen) atoms. The van der Waals surface area contributed by atoms with Crippen molar-refractivity contribution in [2.24, 2.45) is 11.7 Å². The zero-order valence-electron chi connectivity index (χ0n) is 20.5. The fourth-order valence-electron chi connectivity index (χ4n) is 4.25. The van der Waals surface area contributed by atoms with E-state index < -0.39 is 0 Å². The molecule has 0 aromatic heterocycles. The molecular formula is C26H54N2O. The van der Waals surface area contributed by atoms with Gasteiger partial charge < -0.3 is 10.6 Å². The fourth-order valence-corrected chi connectivity index (χ4v) is 4.25. The molecule has 0 spiro atoms. The van der Waals surface area contributed by atoms with Crippen molar-refractivity contribution in [1.82, 2.24) is 4.90 Å². The van der Waals surface area contributed by atoms with Gasteiger partial charge in [-0.3, -0.25) is 4.79 Å². The highest BCUT2D eigenvalue weighted by Crippen LogP contribution is 2.18. The quantitative estimate of drug-likeness (QED) is 0.188. The van der Waals surface area contributed by atoms with Gasteiger partial charge in [0.1, 0.15) is 0 Å². The Morgan fingerprint density at radius 1 is 0.655 bits per heavy atom. The van der Waals surface area contributed by atoms with Gasteiger partial charge in [-0.25, -0.2) is 0 Å². The molecule has 2 atom stereocenters. The van der Waals surface area contributed by atoms with Crippen molar-refractivity contribution in [3.05, 3.63) is 0 Å². The van der Waals surface area contributed by atoms with Crippen LogP contribution in [0, 0.1) is 5.92 Å². The molecule has 2 N–H and O–H groups in total. The summed E-state index contributed by atoms with van der Waals surface area (Å²) >= 11 is 0. The Morgan fingerprint density at radius 3 is 1.24 bits per heavy atom. The predicted octanol–water partition coefficient (Wildman–Crippen LogP) is 7.47. The molecule has 0 rings (SSSR count). The minimum Gasteiger partial charge on any atom is -0.369 e. The van der Waals surface area contributed by atoms with E-state index in [1.807, 2.05) is 14.1 Å². The summed E-state index contributed by atoms with van der Waals surface area (Å²) in [5.41, 5.74) is 5.59. The molecule has 0 saturated carbocycles. The van der Waals surface area contributed by atoms with Gasteiger partial charge in [0.25, 0.3) is 0 Å². The maximum Gasteiger partial charge on any atom is 0.222 e. The van der Waals surface area contributed by atoms with Crippen LogP contribution >= 0.6 is 0 Å². The van der Waals surface area contributed by atoms with Gasteiger partial charge >= 0.3 is 0 Å². The number of hydrogen-bond donors (Lipinski definition) is 1. The van der Waals surface area contributed by atoms with Crippen molar-refractivity contribution in [2.75, 3.05) is 14.1 Å². The second kappa shape index (κ2) is 20.7. The first-order valence-electron chi connectivity index (χ1n) is 13.0. The Labute approximate surface area is 183 Å². The van der Waals surface area contributed by atoms with Crippen molar-refractivity contribution in [3.8, 4) is 0 Å². The van der Waals surface area contributed by atoms with Crippen LogP contribution in [0.5, 0.6) is 0 Å². The lowest BCUT2D eigenvalue weighted by Crippen LogP contribution is -2.40. The highest BCUT2D eigenvalue weighted by Gasteiger charge is 2.23. The molecule has 0 aliphatic heterocycles. The van der Waals surface area contributed by atoms with Crippen LogP contribution in [0.25, 0.3) is 0 Å². The SMILES string of the molecule is CCCCCCCCCCCCCCCCCCCCC(C(N)=O)C(C)N(C)C. The van der Waals surface area contributed by atoms with E-state index in [9.17, 15) is 4.79 Å². The second-order valence-corrected chi connectivity index (χ2v) is 9.51. The third-order valence-corrected chi connectivity index (χ3v) is 6.63. The molecule has 1 amide bonds. The largest absolute Gasteiger partial charge is 0.369 e. The van der Waals surface area contributed by atoms with Crippen molar-refractivity contribution >= 4 is 5.91 Å². The number of primary amides is 1. The number of nitrogens with zero attached hydrogens (tertiary/aromatic N) is 1. The fraction of sp³-hybridized carbons (Fsp3) is 0.962. The summed E-state index contributed by atoms with van der Waals surface area (Å²) in [7, 11) is 4.05. The topological polar surface area (TPSA) is 46.3 Å². The van der Waals surface area contributed by atoms with E-state index in [1.165, 1.54) is 109 Å². The van der Waals surface area contributed by atoms with Crippen LogP contribution in [0.1, 0.15) is 136 Å². The lowest BCUT2D eigenvalue weighted by Gasteiger charge is -2.27. The number of unbranched alkanes of at least 4 members (excludes halogenated alkanes) is 17. The Hall–Kier alpha value is -0.570. The van der Waals surface area contributed by atoms with E-state index in [0.717, 1.165) is 12.8 Å². The van der Waals surface area contributed by atoms with Gasteiger partial charge in [-0.05, 0) is 27.4 Å². The Bertz CT molecular complexity index is 357. The van der Waals surface area contributed by atoms with Crippen LogP contribution in [0.2, 0.25) is 0 Å². The van der Waals surface area contributed by atoms with E-state index in [2.05, 4.69) is 18.7 Å². The lowest BCUT2D eigenvalue weighted by atomic mass is 9.92. The van der Waals surface area contributed by atoms with Gasteiger partial charge in [0.15, 0.2) is 0 Å². The van der Waals surface area contributed by atoms with Crippen LogP contribution in [-0.4, -0.2) is 30.9 Å². The van der Waals surface area contributed by atoms with Gasteiger partial charge in [-0.1, -0.05) is 122 Å². The molecule has 3 heteroatoms. The average molecular weight is 411 g/mol. The number of amides is 1. The number of hydrogen-bond acceptors (Lipinski definition) is 2. The van der Waals surface area contributed by atoms with E-state index in [-0.39, 0.29) is 17.9 Å². The summed E-state index contributed by atoms with van der Waals surface area (Å²) in [4.78, 5) is 13.8. The van der Waals surface area contributed by atoms with E-state index in [1.54, 1.807) is 0 Å². The maximum absolute atomic E-state index is 11.7. The molecule has 0 aromatic rings. The van der Waals surface area contributed by atoms with Crippen LogP contribution in [-0.2, 0) is 4.79 Å². The first-order chi connectivity index (χ1) is 14.0. The van der Waals surface area contributed by atoms with Gasteiger partial charge in [0.05, 0.1) is 5.92 Å². The van der Waals surface area contributed by atoms with Gasteiger partial charge in [0.2, 0.25) is 5.91 Å². The molecule has 174 valence electrons. The predicted molar refractivity (Wildman–Crippen MR) is 129 cm³/mol. The van der Waals surface area contributed by atoms with Gasteiger partial charge in [0, 0.05) is 6.04 Å². The molecule has 2 unspecified atom stereocenters. The zero-order valence-corrected chi connectivity index (χ0v) is 20.5. The number of nitrogens with two attached hydrogens (primary N) is 1. The van der Waals surface area contributed by atoms with E-state index >= 15 is 0 Å². The molecule has 0 aliphatic carbocycles.